The topological polar surface area (TPSA) is 120 Å². The highest BCUT2D eigenvalue weighted by atomic mass is 16.5. The lowest BCUT2D eigenvalue weighted by atomic mass is 10.2. The van der Waals surface area contributed by atoms with Crippen molar-refractivity contribution in [3.8, 4) is 6.01 Å². The molecule has 104 valence electrons. The molecule has 0 bridgehead atoms. The molecule has 1 aliphatic rings. The zero-order valence-corrected chi connectivity index (χ0v) is 11.0. The highest BCUT2D eigenvalue weighted by Gasteiger charge is 2.31. The fraction of sp³-hybridized carbons (Fsp3) is 0.636. The molecule has 2 heterocycles. The van der Waals surface area contributed by atoms with Crippen LogP contribution in [0.5, 0.6) is 6.01 Å². The number of nitrogens with zero attached hydrogens (tertiary/aromatic N) is 4. The summed E-state index contributed by atoms with van der Waals surface area (Å²) in [5, 5.41) is 0. The zero-order chi connectivity index (χ0) is 14.0. The lowest BCUT2D eigenvalue weighted by Gasteiger charge is -2.22. The summed E-state index contributed by atoms with van der Waals surface area (Å²) >= 11 is 0. The van der Waals surface area contributed by atoms with E-state index in [0.29, 0.717) is 18.9 Å². The number of hydrogen-bond donors (Lipinski definition) is 2. The second-order valence-electron chi connectivity index (χ2n) is 4.70. The van der Waals surface area contributed by atoms with Crippen LogP contribution in [0, 0.1) is 0 Å². The van der Waals surface area contributed by atoms with Crippen LogP contribution in [0.25, 0.3) is 0 Å². The van der Waals surface area contributed by atoms with Crippen LogP contribution >= 0.6 is 0 Å². The first-order chi connectivity index (χ1) is 8.97. The van der Waals surface area contributed by atoms with Crippen molar-refractivity contribution < 1.29 is 9.53 Å². The van der Waals surface area contributed by atoms with Gasteiger partial charge in [-0.1, -0.05) is 0 Å². The first-order valence-corrected chi connectivity index (χ1v) is 6.21. The van der Waals surface area contributed by atoms with Crippen molar-refractivity contribution in [1.29, 1.82) is 0 Å². The van der Waals surface area contributed by atoms with Crippen LogP contribution in [0.4, 0.5) is 11.9 Å². The van der Waals surface area contributed by atoms with Gasteiger partial charge in [-0.3, -0.25) is 4.79 Å². The van der Waals surface area contributed by atoms with E-state index in [4.69, 9.17) is 16.2 Å². The van der Waals surface area contributed by atoms with E-state index in [1.54, 1.807) is 4.90 Å². The molecule has 8 nitrogen and oxygen atoms in total. The maximum Gasteiger partial charge on any atom is 0.323 e. The van der Waals surface area contributed by atoms with E-state index in [-0.39, 0.29) is 24.0 Å². The predicted molar refractivity (Wildman–Crippen MR) is 69.6 cm³/mol. The lowest BCUT2D eigenvalue weighted by Crippen LogP contribution is -2.41. The van der Waals surface area contributed by atoms with Gasteiger partial charge in [-0.15, -0.1) is 0 Å². The van der Waals surface area contributed by atoms with E-state index in [2.05, 4.69) is 15.0 Å². The summed E-state index contributed by atoms with van der Waals surface area (Å²) in [5.74, 6) is 0.0167. The van der Waals surface area contributed by atoms with Crippen molar-refractivity contribution in [3.63, 3.8) is 0 Å². The molecule has 1 amide bonds. The number of nitrogen functional groups attached to an aromatic ring is 1. The van der Waals surface area contributed by atoms with Crippen LogP contribution in [0.15, 0.2) is 0 Å². The Labute approximate surface area is 111 Å². The molecule has 1 aromatic heterocycles. The number of carbonyl (C=O) groups is 1. The minimum Gasteiger partial charge on any atom is -0.461 e. The number of aromatic nitrogens is 3. The van der Waals surface area contributed by atoms with Crippen molar-refractivity contribution in [2.45, 2.75) is 38.8 Å². The zero-order valence-electron chi connectivity index (χ0n) is 11.0. The number of anilines is 2. The molecule has 1 unspecified atom stereocenters. The van der Waals surface area contributed by atoms with Gasteiger partial charge in [-0.2, -0.15) is 15.0 Å². The van der Waals surface area contributed by atoms with E-state index < -0.39 is 6.04 Å². The SMILES string of the molecule is CC(C)Oc1nc(N)nc(N2CCCC2C(N)=O)n1. The van der Waals surface area contributed by atoms with Gasteiger partial charge < -0.3 is 21.1 Å². The van der Waals surface area contributed by atoms with E-state index in [1.165, 1.54) is 0 Å². The molecule has 2 rings (SSSR count). The summed E-state index contributed by atoms with van der Waals surface area (Å²) in [6.45, 7) is 4.39. The van der Waals surface area contributed by atoms with Crippen LogP contribution < -0.4 is 21.1 Å². The normalized spacial score (nSPS) is 18.9. The third kappa shape index (κ3) is 3.01. The number of hydrogen-bond acceptors (Lipinski definition) is 7. The molecule has 0 saturated carbocycles. The van der Waals surface area contributed by atoms with Crippen molar-refractivity contribution in [3.05, 3.63) is 0 Å². The van der Waals surface area contributed by atoms with Crippen LogP contribution in [0.3, 0.4) is 0 Å². The predicted octanol–water partition coefficient (Wildman–Crippen LogP) is -0.305. The molecular weight excluding hydrogens is 248 g/mol. The second kappa shape index (κ2) is 5.25. The van der Waals surface area contributed by atoms with Crippen LogP contribution in [0.2, 0.25) is 0 Å². The van der Waals surface area contributed by atoms with Crippen molar-refractivity contribution in [2.24, 2.45) is 5.73 Å². The Kier molecular flexibility index (Phi) is 3.68. The molecule has 4 N–H and O–H groups in total. The first-order valence-electron chi connectivity index (χ1n) is 6.21. The van der Waals surface area contributed by atoms with Gasteiger partial charge in [0.05, 0.1) is 6.10 Å². The van der Waals surface area contributed by atoms with Gasteiger partial charge >= 0.3 is 6.01 Å². The molecule has 0 spiro atoms. The van der Waals surface area contributed by atoms with Gasteiger partial charge in [0.25, 0.3) is 0 Å². The van der Waals surface area contributed by atoms with Gasteiger partial charge in [-0.05, 0) is 26.7 Å². The monoisotopic (exact) mass is 266 g/mol. The highest BCUT2D eigenvalue weighted by molar-refractivity contribution is 5.83. The maximum absolute atomic E-state index is 11.4. The van der Waals surface area contributed by atoms with Crippen LogP contribution in [-0.2, 0) is 4.79 Å². The fourth-order valence-electron chi connectivity index (χ4n) is 2.05. The molecule has 8 heteroatoms. The number of carbonyl (C=O) groups excluding carboxylic acids is 1. The fourth-order valence-corrected chi connectivity index (χ4v) is 2.05. The van der Waals surface area contributed by atoms with Crippen molar-refractivity contribution in [2.75, 3.05) is 17.2 Å². The van der Waals surface area contributed by atoms with Gasteiger partial charge in [0.2, 0.25) is 17.8 Å². The molecule has 1 aromatic rings. The summed E-state index contributed by atoms with van der Waals surface area (Å²) in [6.07, 6.45) is 1.49. The smallest absolute Gasteiger partial charge is 0.323 e. The van der Waals surface area contributed by atoms with Crippen LogP contribution in [0.1, 0.15) is 26.7 Å². The average Bonchev–Trinajstić information content (AvgIpc) is 2.75. The minimum atomic E-state index is -0.395. The Morgan fingerprint density at radius 1 is 1.42 bits per heavy atom. The number of nitrogens with two attached hydrogens (primary N) is 2. The molecule has 0 radical (unpaired) electrons. The Hall–Kier alpha value is -2.12. The van der Waals surface area contributed by atoms with E-state index in [1.807, 2.05) is 13.8 Å². The largest absolute Gasteiger partial charge is 0.461 e. The number of ether oxygens (including phenoxy) is 1. The summed E-state index contributed by atoms with van der Waals surface area (Å²) in [4.78, 5) is 25.3. The van der Waals surface area contributed by atoms with E-state index >= 15 is 0 Å². The summed E-state index contributed by atoms with van der Waals surface area (Å²) in [7, 11) is 0. The molecule has 0 aliphatic carbocycles. The lowest BCUT2D eigenvalue weighted by molar-refractivity contribution is -0.119. The van der Waals surface area contributed by atoms with Crippen LogP contribution in [-0.4, -0.2) is 39.5 Å². The molecule has 0 aromatic carbocycles. The molecular formula is C11H18N6O2. The Morgan fingerprint density at radius 2 is 2.16 bits per heavy atom. The Morgan fingerprint density at radius 3 is 2.79 bits per heavy atom. The average molecular weight is 266 g/mol. The minimum absolute atomic E-state index is 0.0655. The molecule has 1 fully saturated rings. The first kappa shape index (κ1) is 13.3. The second-order valence-corrected chi connectivity index (χ2v) is 4.70. The van der Waals surface area contributed by atoms with E-state index in [9.17, 15) is 4.79 Å². The Bertz CT molecular complexity index is 478. The quantitative estimate of drug-likeness (QED) is 0.767. The molecule has 19 heavy (non-hydrogen) atoms. The number of primary amides is 1. The highest BCUT2D eigenvalue weighted by Crippen LogP contribution is 2.24. The molecule has 1 aliphatic heterocycles. The molecule has 1 atom stereocenters. The summed E-state index contributed by atoms with van der Waals surface area (Å²) < 4.78 is 5.41. The third-order valence-electron chi connectivity index (χ3n) is 2.80. The standard InChI is InChI=1S/C11H18N6O2/c1-6(2)19-11-15-9(13)14-10(16-11)17-5-3-4-7(17)8(12)18/h6-7H,3-5H2,1-2H3,(H2,12,18)(H2,13,14,15,16). The van der Waals surface area contributed by atoms with Gasteiger partial charge in [-0.25, -0.2) is 0 Å². The van der Waals surface area contributed by atoms with Crippen molar-refractivity contribution in [1.82, 2.24) is 15.0 Å². The van der Waals surface area contributed by atoms with E-state index in [0.717, 1.165) is 6.42 Å². The van der Waals surface area contributed by atoms with Crippen molar-refractivity contribution >= 4 is 17.8 Å². The van der Waals surface area contributed by atoms with Gasteiger partial charge in [0.15, 0.2) is 0 Å². The summed E-state index contributed by atoms with van der Waals surface area (Å²) in [6, 6.07) is -0.235. The third-order valence-corrected chi connectivity index (χ3v) is 2.80. The maximum atomic E-state index is 11.4. The van der Waals surface area contributed by atoms with Gasteiger partial charge in [0.1, 0.15) is 6.04 Å². The Balaban J connectivity index is 2.28. The molecule has 1 saturated heterocycles. The number of rotatable bonds is 4. The number of amides is 1. The summed E-state index contributed by atoms with van der Waals surface area (Å²) in [5.41, 5.74) is 11.0. The van der Waals surface area contributed by atoms with Gasteiger partial charge in [0, 0.05) is 6.54 Å².